The van der Waals surface area contributed by atoms with Gasteiger partial charge in [0, 0.05) is 12.7 Å². The zero-order chi connectivity index (χ0) is 15.7. The number of hydrogen-bond donors (Lipinski definition) is 2. The lowest BCUT2D eigenvalue weighted by Crippen LogP contribution is -2.16. The number of nitrogens with zero attached hydrogens (tertiary/aromatic N) is 1. The molecule has 2 rings (SSSR count). The lowest BCUT2D eigenvalue weighted by atomic mass is 10.1. The molecule has 0 aliphatic rings. The molecular weight excluding hydrogens is 315 g/mol. The first-order valence-electron chi connectivity index (χ1n) is 5.97. The molecule has 0 spiro atoms. The molecule has 0 bridgehead atoms. The average molecular weight is 327 g/mol. The van der Waals surface area contributed by atoms with Gasteiger partial charge in [0.25, 0.3) is 5.91 Å². The Labute approximate surface area is 131 Å². The maximum atomic E-state index is 12.2. The van der Waals surface area contributed by atoms with Crippen LogP contribution in [-0.2, 0) is 7.05 Å². The number of aryl methyl sites for hydroxylation is 1. The number of amides is 1. The van der Waals surface area contributed by atoms with Gasteiger partial charge in [0.2, 0.25) is 0 Å². The molecule has 110 valence electrons. The van der Waals surface area contributed by atoms with Crippen LogP contribution >= 0.6 is 23.2 Å². The number of carbonyl (C=O) groups is 2. The third kappa shape index (κ3) is 3.04. The van der Waals surface area contributed by atoms with Crippen molar-refractivity contribution < 1.29 is 14.7 Å². The van der Waals surface area contributed by atoms with Crippen LogP contribution in [0.5, 0.6) is 0 Å². The molecule has 0 atom stereocenters. The van der Waals surface area contributed by atoms with E-state index >= 15 is 0 Å². The first kappa shape index (κ1) is 15.4. The smallest absolute Gasteiger partial charge is 0.335 e. The standard InChI is InChI=1S/C14H12Cl2N2O3/c1-7-5-8(3-4-9(7)14(20)21)17-13(19)11-6-10(15)12(16)18(11)2/h3-6H,1-2H3,(H,17,19)(H,20,21). The molecule has 1 aromatic heterocycles. The summed E-state index contributed by atoms with van der Waals surface area (Å²) >= 11 is 11.8. The van der Waals surface area contributed by atoms with E-state index in [2.05, 4.69) is 5.32 Å². The molecule has 5 nitrogen and oxygen atoms in total. The van der Waals surface area contributed by atoms with Crippen LogP contribution in [-0.4, -0.2) is 21.6 Å². The van der Waals surface area contributed by atoms with Gasteiger partial charge < -0.3 is 15.0 Å². The second-order valence-electron chi connectivity index (χ2n) is 4.52. The maximum Gasteiger partial charge on any atom is 0.335 e. The minimum Gasteiger partial charge on any atom is -0.478 e. The monoisotopic (exact) mass is 326 g/mol. The Hall–Kier alpha value is -1.98. The maximum absolute atomic E-state index is 12.2. The quantitative estimate of drug-likeness (QED) is 0.905. The van der Waals surface area contributed by atoms with Crippen molar-refractivity contribution in [2.75, 3.05) is 5.32 Å². The Balaban J connectivity index is 2.26. The minimum absolute atomic E-state index is 0.193. The molecule has 0 saturated heterocycles. The number of benzene rings is 1. The van der Waals surface area contributed by atoms with E-state index in [1.54, 1.807) is 20.0 Å². The van der Waals surface area contributed by atoms with E-state index in [0.29, 0.717) is 22.0 Å². The second-order valence-corrected chi connectivity index (χ2v) is 5.28. The van der Waals surface area contributed by atoms with Gasteiger partial charge in [-0.15, -0.1) is 0 Å². The van der Waals surface area contributed by atoms with Crippen molar-refractivity contribution >= 4 is 40.8 Å². The van der Waals surface area contributed by atoms with E-state index in [1.165, 1.54) is 22.8 Å². The molecule has 1 heterocycles. The highest BCUT2D eigenvalue weighted by molar-refractivity contribution is 6.42. The van der Waals surface area contributed by atoms with Crippen molar-refractivity contribution in [2.45, 2.75) is 6.92 Å². The average Bonchev–Trinajstić information content (AvgIpc) is 2.66. The molecule has 2 aromatic rings. The summed E-state index contributed by atoms with van der Waals surface area (Å²) in [6, 6.07) is 6.03. The zero-order valence-corrected chi connectivity index (χ0v) is 12.8. The largest absolute Gasteiger partial charge is 0.478 e. The summed E-state index contributed by atoms with van der Waals surface area (Å²) in [6.07, 6.45) is 0. The number of nitrogens with one attached hydrogen (secondary N) is 1. The molecular formula is C14H12Cl2N2O3. The molecule has 1 amide bonds. The molecule has 0 saturated carbocycles. The third-order valence-corrected chi connectivity index (χ3v) is 3.91. The number of halogens is 2. The summed E-state index contributed by atoms with van der Waals surface area (Å²) in [5.74, 6) is -1.39. The Morgan fingerprint density at radius 2 is 1.90 bits per heavy atom. The van der Waals surface area contributed by atoms with E-state index in [9.17, 15) is 9.59 Å². The third-order valence-electron chi connectivity index (χ3n) is 3.06. The van der Waals surface area contributed by atoms with Gasteiger partial charge in [-0.3, -0.25) is 4.79 Å². The van der Waals surface area contributed by atoms with Crippen molar-refractivity contribution in [2.24, 2.45) is 7.05 Å². The van der Waals surface area contributed by atoms with Crippen LogP contribution < -0.4 is 5.32 Å². The molecule has 0 aliphatic carbocycles. The topological polar surface area (TPSA) is 71.3 Å². The minimum atomic E-state index is -1.01. The molecule has 7 heteroatoms. The second kappa shape index (κ2) is 5.79. The normalized spacial score (nSPS) is 10.5. The van der Waals surface area contributed by atoms with Crippen LogP contribution in [0.15, 0.2) is 24.3 Å². The zero-order valence-electron chi connectivity index (χ0n) is 11.3. The van der Waals surface area contributed by atoms with Crippen LogP contribution in [0, 0.1) is 6.92 Å². The summed E-state index contributed by atoms with van der Waals surface area (Å²) in [7, 11) is 1.63. The fraction of sp³-hybridized carbons (Fsp3) is 0.143. The fourth-order valence-corrected chi connectivity index (χ4v) is 2.31. The van der Waals surface area contributed by atoms with Crippen molar-refractivity contribution in [3.05, 3.63) is 51.3 Å². The fourth-order valence-electron chi connectivity index (χ4n) is 1.94. The van der Waals surface area contributed by atoms with E-state index in [0.717, 1.165) is 0 Å². The van der Waals surface area contributed by atoms with Gasteiger partial charge in [-0.2, -0.15) is 0 Å². The first-order chi connectivity index (χ1) is 9.81. The Morgan fingerprint density at radius 1 is 1.24 bits per heavy atom. The Bertz CT molecular complexity index is 738. The highest BCUT2D eigenvalue weighted by atomic mass is 35.5. The SMILES string of the molecule is Cc1cc(NC(=O)c2cc(Cl)c(Cl)n2C)ccc1C(=O)O. The van der Waals surface area contributed by atoms with Crippen molar-refractivity contribution in [1.29, 1.82) is 0 Å². The summed E-state index contributed by atoms with van der Waals surface area (Å²) < 4.78 is 1.47. The molecule has 21 heavy (non-hydrogen) atoms. The van der Waals surface area contributed by atoms with Gasteiger partial charge in [0.1, 0.15) is 10.8 Å². The van der Waals surface area contributed by atoms with E-state index in [-0.39, 0.29) is 16.6 Å². The number of carboxylic acid groups (broad SMARTS) is 1. The Morgan fingerprint density at radius 3 is 2.38 bits per heavy atom. The summed E-state index contributed by atoms with van der Waals surface area (Å²) in [6.45, 7) is 1.66. The molecule has 0 unspecified atom stereocenters. The van der Waals surface area contributed by atoms with Gasteiger partial charge in [-0.25, -0.2) is 4.79 Å². The van der Waals surface area contributed by atoms with Gasteiger partial charge in [0.15, 0.2) is 0 Å². The summed E-state index contributed by atoms with van der Waals surface area (Å²) in [5, 5.41) is 12.2. The number of rotatable bonds is 3. The Kier molecular flexibility index (Phi) is 4.25. The summed E-state index contributed by atoms with van der Waals surface area (Å²) in [4.78, 5) is 23.1. The summed E-state index contributed by atoms with van der Waals surface area (Å²) in [5.41, 5.74) is 1.56. The number of hydrogen-bond acceptors (Lipinski definition) is 2. The van der Waals surface area contributed by atoms with Crippen LogP contribution in [0.4, 0.5) is 5.69 Å². The van der Waals surface area contributed by atoms with Crippen LogP contribution in [0.1, 0.15) is 26.4 Å². The van der Waals surface area contributed by atoms with Crippen LogP contribution in [0.3, 0.4) is 0 Å². The predicted molar refractivity (Wildman–Crippen MR) is 81.5 cm³/mol. The number of anilines is 1. The van der Waals surface area contributed by atoms with Crippen LogP contribution in [0.25, 0.3) is 0 Å². The van der Waals surface area contributed by atoms with Gasteiger partial charge in [-0.1, -0.05) is 23.2 Å². The van der Waals surface area contributed by atoms with Gasteiger partial charge in [-0.05, 0) is 36.8 Å². The first-order valence-corrected chi connectivity index (χ1v) is 6.73. The number of aromatic nitrogens is 1. The van der Waals surface area contributed by atoms with Crippen molar-refractivity contribution in [3.8, 4) is 0 Å². The lowest BCUT2D eigenvalue weighted by molar-refractivity contribution is 0.0696. The van der Waals surface area contributed by atoms with E-state index in [4.69, 9.17) is 28.3 Å². The van der Waals surface area contributed by atoms with E-state index < -0.39 is 5.97 Å². The molecule has 1 aromatic carbocycles. The number of aromatic carboxylic acids is 1. The van der Waals surface area contributed by atoms with Gasteiger partial charge >= 0.3 is 5.97 Å². The van der Waals surface area contributed by atoms with Crippen molar-refractivity contribution in [1.82, 2.24) is 4.57 Å². The van der Waals surface area contributed by atoms with E-state index in [1.807, 2.05) is 0 Å². The lowest BCUT2D eigenvalue weighted by Gasteiger charge is -2.08. The number of carbonyl (C=O) groups excluding carboxylic acids is 1. The molecule has 2 N–H and O–H groups in total. The molecule has 0 fully saturated rings. The van der Waals surface area contributed by atoms with Crippen LogP contribution in [0.2, 0.25) is 10.2 Å². The predicted octanol–water partition coefficient (Wildman–Crippen LogP) is 3.59. The number of carboxylic acids is 1. The molecule has 0 aliphatic heterocycles. The highest BCUT2D eigenvalue weighted by Gasteiger charge is 2.16. The van der Waals surface area contributed by atoms with Crippen molar-refractivity contribution in [3.63, 3.8) is 0 Å². The molecule has 0 radical (unpaired) electrons. The highest BCUT2D eigenvalue weighted by Crippen LogP contribution is 2.26. The van der Waals surface area contributed by atoms with Gasteiger partial charge in [0.05, 0.1) is 10.6 Å².